The molecule has 2 aromatic heterocycles. The van der Waals surface area contributed by atoms with Crippen LogP contribution in [0.4, 0.5) is 0 Å². The molecule has 0 bridgehead atoms. The first-order valence-corrected chi connectivity index (χ1v) is 9.68. The summed E-state index contributed by atoms with van der Waals surface area (Å²) in [5.41, 5.74) is 3.69. The van der Waals surface area contributed by atoms with E-state index in [4.69, 9.17) is 0 Å². The Hall–Kier alpha value is -3.12. The highest BCUT2D eigenvalue weighted by molar-refractivity contribution is 5.87. The molecule has 3 heterocycles. The maximum absolute atomic E-state index is 12.5. The number of aromatic nitrogens is 3. The first-order valence-electron chi connectivity index (χ1n) is 9.68. The molecule has 0 aliphatic carbocycles. The van der Waals surface area contributed by atoms with Gasteiger partial charge < -0.3 is 10.1 Å². The number of rotatable bonds is 3. The van der Waals surface area contributed by atoms with Crippen LogP contribution in [-0.4, -0.2) is 37.6 Å². The quantitative estimate of drug-likeness (QED) is 0.576. The maximum atomic E-state index is 12.5. The summed E-state index contributed by atoms with van der Waals surface area (Å²) in [7, 11) is 0. The number of para-hydroxylation sites is 2. The van der Waals surface area contributed by atoms with E-state index in [1.807, 2.05) is 47.0 Å². The lowest BCUT2D eigenvalue weighted by molar-refractivity contribution is 0.180. The number of imidazole rings is 1. The molecule has 4 aromatic rings. The summed E-state index contributed by atoms with van der Waals surface area (Å²) in [4.78, 5) is 22.1. The number of phenols is 1. The highest BCUT2D eigenvalue weighted by atomic mass is 16.3. The zero-order chi connectivity index (χ0) is 19.1. The van der Waals surface area contributed by atoms with Gasteiger partial charge in [0.05, 0.1) is 11.0 Å². The van der Waals surface area contributed by atoms with E-state index in [0.717, 1.165) is 48.9 Å². The van der Waals surface area contributed by atoms with Crippen molar-refractivity contribution in [3.63, 3.8) is 0 Å². The van der Waals surface area contributed by atoms with E-state index in [-0.39, 0.29) is 17.5 Å². The summed E-state index contributed by atoms with van der Waals surface area (Å²) >= 11 is 0. The average Bonchev–Trinajstić information content (AvgIpc) is 3.07. The van der Waals surface area contributed by atoms with Gasteiger partial charge in [-0.2, -0.15) is 0 Å². The van der Waals surface area contributed by atoms with Crippen LogP contribution >= 0.6 is 0 Å². The fraction of sp³-hybridized carbons (Fsp3) is 0.273. The molecule has 0 amide bonds. The highest BCUT2D eigenvalue weighted by Crippen LogP contribution is 2.29. The van der Waals surface area contributed by atoms with Crippen LogP contribution in [0.25, 0.3) is 21.9 Å². The second kappa shape index (κ2) is 6.80. The Balaban J connectivity index is 1.35. The SMILES string of the molecule is O=c1[nH]c2ccccc2n1C1CCN(Cc2ccc(O)c3ncccc23)CC1. The molecule has 1 aliphatic rings. The standard InChI is InChI=1S/C22H22N4O2/c27-20-8-7-15(17-4-3-11-23-21(17)20)14-25-12-9-16(10-13-25)26-19-6-2-1-5-18(19)24-22(26)28/h1-8,11,16,27H,9-10,12-14H2,(H,24,28). The molecule has 2 aromatic carbocycles. The van der Waals surface area contributed by atoms with Crippen LogP contribution in [0.5, 0.6) is 5.75 Å². The van der Waals surface area contributed by atoms with E-state index >= 15 is 0 Å². The van der Waals surface area contributed by atoms with Crippen LogP contribution in [-0.2, 0) is 6.54 Å². The Morgan fingerprint density at radius 3 is 2.75 bits per heavy atom. The number of piperidine rings is 1. The second-order valence-electron chi connectivity index (χ2n) is 7.47. The number of aromatic amines is 1. The Bertz CT molecular complexity index is 1200. The third-order valence-corrected chi connectivity index (χ3v) is 5.78. The maximum Gasteiger partial charge on any atom is 0.326 e. The summed E-state index contributed by atoms with van der Waals surface area (Å²) in [6.45, 7) is 2.68. The van der Waals surface area contributed by atoms with Crippen molar-refractivity contribution < 1.29 is 5.11 Å². The fourth-order valence-corrected chi connectivity index (χ4v) is 4.37. The molecular weight excluding hydrogens is 352 g/mol. The predicted molar refractivity (Wildman–Crippen MR) is 110 cm³/mol. The van der Waals surface area contributed by atoms with E-state index in [1.165, 1.54) is 5.56 Å². The third-order valence-electron chi connectivity index (χ3n) is 5.78. The summed E-state index contributed by atoms with van der Waals surface area (Å²) < 4.78 is 1.92. The van der Waals surface area contributed by atoms with Crippen molar-refractivity contribution >= 4 is 21.9 Å². The van der Waals surface area contributed by atoms with E-state index in [2.05, 4.69) is 14.9 Å². The molecule has 6 nitrogen and oxygen atoms in total. The van der Waals surface area contributed by atoms with Crippen LogP contribution in [0.15, 0.2) is 59.5 Å². The molecule has 6 heteroatoms. The fourth-order valence-electron chi connectivity index (χ4n) is 4.37. The number of hydrogen-bond acceptors (Lipinski definition) is 4. The third kappa shape index (κ3) is 2.86. The van der Waals surface area contributed by atoms with Crippen LogP contribution < -0.4 is 5.69 Å². The normalized spacial score (nSPS) is 16.1. The number of phenolic OH excluding ortho intramolecular Hbond substituents is 1. The molecule has 0 spiro atoms. The van der Waals surface area contributed by atoms with Gasteiger partial charge in [-0.05, 0) is 42.7 Å². The molecule has 1 fully saturated rings. The molecule has 1 aliphatic heterocycles. The summed E-state index contributed by atoms with van der Waals surface area (Å²) in [6.07, 6.45) is 3.59. The Morgan fingerprint density at radius 2 is 1.89 bits per heavy atom. The minimum absolute atomic E-state index is 0.0183. The smallest absolute Gasteiger partial charge is 0.326 e. The van der Waals surface area contributed by atoms with Crippen molar-refractivity contribution in [2.45, 2.75) is 25.4 Å². The second-order valence-corrected chi connectivity index (χ2v) is 7.47. The van der Waals surface area contributed by atoms with Crippen molar-refractivity contribution in [1.29, 1.82) is 0 Å². The molecule has 0 unspecified atom stereocenters. The molecule has 28 heavy (non-hydrogen) atoms. The lowest BCUT2D eigenvalue weighted by Crippen LogP contribution is -2.36. The van der Waals surface area contributed by atoms with E-state index in [0.29, 0.717) is 5.52 Å². The molecule has 2 N–H and O–H groups in total. The molecule has 0 saturated carbocycles. The van der Waals surface area contributed by atoms with E-state index < -0.39 is 0 Å². The Kier molecular flexibility index (Phi) is 4.13. The Labute approximate surface area is 162 Å². The number of pyridine rings is 1. The van der Waals surface area contributed by atoms with Gasteiger partial charge in [0.15, 0.2) is 0 Å². The minimum atomic E-state index is -0.0183. The van der Waals surface area contributed by atoms with Gasteiger partial charge in [-0.15, -0.1) is 0 Å². The average molecular weight is 374 g/mol. The summed E-state index contributed by atoms with van der Waals surface area (Å²) in [5, 5.41) is 11.0. The number of nitrogens with zero attached hydrogens (tertiary/aromatic N) is 3. The largest absolute Gasteiger partial charge is 0.506 e. The molecule has 1 saturated heterocycles. The van der Waals surface area contributed by atoms with Crippen molar-refractivity contribution in [3.05, 3.63) is 70.8 Å². The van der Waals surface area contributed by atoms with Gasteiger partial charge in [0.1, 0.15) is 11.3 Å². The van der Waals surface area contributed by atoms with Crippen molar-refractivity contribution in [2.24, 2.45) is 0 Å². The van der Waals surface area contributed by atoms with Gasteiger partial charge in [0.25, 0.3) is 0 Å². The Morgan fingerprint density at radius 1 is 1.07 bits per heavy atom. The zero-order valence-electron chi connectivity index (χ0n) is 15.5. The molecular formula is C22H22N4O2. The van der Waals surface area contributed by atoms with Crippen molar-refractivity contribution in [3.8, 4) is 5.75 Å². The van der Waals surface area contributed by atoms with Crippen LogP contribution in [0.2, 0.25) is 0 Å². The van der Waals surface area contributed by atoms with Crippen LogP contribution in [0, 0.1) is 0 Å². The van der Waals surface area contributed by atoms with Gasteiger partial charge >= 0.3 is 5.69 Å². The lowest BCUT2D eigenvalue weighted by Gasteiger charge is -2.32. The van der Waals surface area contributed by atoms with E-state index in [1.54, 1.807) is 12.3 Å². The van der Waals surface area contributed by atoms with Crippen LogP contribution in [0.1, 0.15) is 24.4 Å². The van der Waals surface area contributed by atoms with Gasteiger partial charge in [-0.25, -0.2) is 4.79 Å². The number of aromatic hydroxyl groups is 1. The number of benzene rings is 2. The van der Waals surface area contributed by atoms with Crippen LogP contribution in [0.3, 0.4) is 0 Å². The summed E-state index contributed by atoms with van der Waals surface area (Å²) in [6, 6.07) is 15.7. The number of likely N-dealkylation sites (tertiary alicyclic amines) is 1. The first-order chi connectivity index (χ1) is 13.7. The number of H-pyrrole nitrogens is 1. The van der Waals surface area contributed by atoms with E-state index in [9.17, 15) is 9.90 Å². The predicted octanol–water partition coefficient (Wildman–Crippen LogP) is 3.42. The zero-order valence-corrected chi connectivity index (χ0v) is 15.5. The van der Waals surface area contributed by atoms with Crippen molar-refractivity contribution in [1.82, 2.24) is 19.4 Å². The molecule has 0 radical (unpaired) electrons. The van der Waals surface area contributed by atoms with Gasteiger partial charge in [-0.3, -0.25) is 14.5 Å². The van der Waals surface area contributed by atoms with Gasteiger partial charge in [0, 0.05) is 37.3 Å². The molecule has 0 atom stereocenters. The van der Waals surface area contributed by atoms with Crippen molar-refractivity contribution in [2.75, 3.05) is 13.1 Å². The molecule has 5 rings (SSSR count). The topological polar surface area (TPSA) is 74.2 Å². The van der Waals surface area contributed by atoms with Gasteiger partial charge in [0.2, 0.25) is 0 Å². The number of fused-ring (bicyclic) bond motifs is 2. The highest BCUT2D eigenvalue weighted by Gasteiger charge is 2.24. The number of hydrogen-bond donors (Lipinski definition) is 2. The monoisotopic (exact) mass is 374 g/mol. The minimum Gasteiger partial charge on any atom is -0.506 e. The van der Waals surface area contributed by atoms with Gasteiger partial charge in [-0.1, -0.05) is 24.3 Å². The lowest BCUT2D eigenvalue weighted by atomic mass is 10.0. The summed E-state index contributed by atoms with van der Waals surface area (Å²) in [5.74, 6) is 0.219. The number of nitrogens with one attached hydrogen (secondary N) is 1. The first kappa shape index (κ1) is 17.0. The molecule has 142 valence electrons.